The van der Waals surface area contributed by atoms with Gasteiger partial charge in [0.15, 0.2) is 74.7 Å². The molecule has 0 aromatic rings. The lowest BCUT2D eigenvalue weighted by Gasteiger charge is -2.51. The van der Waals surface area contributed by atoms with Crippen molar-refractivity contribution in [3.05, 3.63) is 0 Å². The second-order valence-electron chi connectivity index (χ2n) is 25.5. The van der Waals surface area contributed by atoms with Gasteiger partial charge in [-0.15, -0.1) is 0 Å². The van der Waals surface area contributed by atoms with Crippen molar-refractivity contribution in [1.82, 2.24) is 21.3 Å². The van der Waals surface area contributed by atoms with Gasteiger partial charge in [0.25, 0.3) is 0 Å². The molecular formula is C56H86N4O45. The number of rotatable bonds is 26. The van der Waals surface area contributed by atoms with E-state index in [4.69, 9.17) is 71.1 Å². The zero-order chi connectivity index (χ0) is 78.0. The van der Waals surface area contributed by atoms with E-state index in [0.717, 1.165) is 27.7 Å². The van der Waals surface area contributed by atoms with Gasteiger partial charge in [-0.1, -0.05) is 0 Å². The van der Waals surface area contributed by atoms with Crippen molar-refractivity contribution < 1.29 is 222 Å². The van der Waals surface area contributed by atoms with Gasteiger partial charge in [0, 0.05) is 27.7 Å². The van der Waals surface area contributed by atoms with Crippen molar-refractivity contribution in [1.29, 1.82) is 0 Å². The van der Waals surface area contributed by atoms with Crippen LogP contribution in [0.2, 0.25) is 0 Å². The largest absolute Gasteiger partial charge is 0.479 e. The summed E-state index contributed by atoms with van der Waals surface area (Å²) >= 11 is 0. The topological polar surface area (TPSA) is 768 Å². The van der Waals surface area contributed by atoms with Gasteiger partial charge in [-0.2, -0.15) is 0 Å². The van der Waals surface area contributed by atoms with E-state index >= 15 is 0 Å². The van der Waals surface area contributed by atoms with E-state index in [1.165, 1.54) is 0 Å². The minimum atomic E-state index is -2.65. The van der Waals surface area contributed by atoms with Crippen LogP contribution in [0.15, 0.2) is 0 Å². The molecule has 8 rings (SSSR count). The molecule has 0 spiro atoms. The van der Waals surface area contributed by atoms with Gasteiger partial charge < -0.3 is 205 Å². The maximum atomic E-state index is 13.2. The third kappa shape index (κ3) is 18.5. The van der Waals surface area contributed by atoms with Gasteiger partial charge in [-0.25, -0.2) is 19.2 Å². The fourth-order valence-corrected chi connectivity index (χ4v) is 13.0. The first-order valence-corrected chi connectivity index (χ1v) is 32.1. The average molecular weight is 1540 g/mol. The van der Waals surface area contributed by atoms with Gasteiger partial charge in [-0.05, 0) is 0 Å². The van der Waals surface area contributed by atoms with E-state index in [1.54, 1.807) is 0 Å². The monoisotopic (exact) mass is 1530 g/mol. The van der Waals surface area contributed by atoms with E-state index in [9.17, 15) is 151 Å². The Morgan fingerprint density at radius 3 is 0.724 bits per heavy atom. The number of carboxylic acid groups (broad SMARTS) is 4. The standard InChI is InChI=1S/C56H86N4O45/c1-9(65)57-17-34(21(69)13(5-61)91-49(17)90)95-54-31(79)27(75)38(42(103-54)46(84)85)99-51-19(59-11(3)67)36(23(71)15(7-63)93-51)97-56-33(81)29(77)40(44(105-56)48(88)89)101-52-20(60-12(4)68)37(24(72)16(8-64)94-52)98-55-32(80)28(76)39(43(104-55)47(86)87)100-50-18(58-10(2)66)35(22(70)14(6-62)92-50)96-53-30(78)25(73)26(74)41(102-53)45(82)83/h13-44,49-56,61-64,69-81,90H,5-8H2,1-4H3,(H,57,65)(H,58,66)(H,59,67)(H,60,68)(H,82,83)(H,84,85)(H,86,87)(H,88,89)/t13-,14-,15-,16-,17-,18-,19-,20-,21+,22+,23+,24+,25+,26+,27-,28-,29-,30-,31-,32-,33-,34-,35-,36-,37-,38+,39+,40+,41+,42+,43+,44+,49-,50+,51+,52+,53-,54-,55-,56-/m1/s1. The molecule has 0 bridgehead atoms. The van der Waals surface area contributed by atoms with E-state index < -0.39 is 319 Å². The Balaban J connectivity index is 1.01. The zero-order valence-corrected chi connectivity index (χ0v) is 55.2. The number of hydrogen-bond acceptors (Lipinski definition) is 41. The molecule has 0 aromatic heterocycles. The number of aliphatic hydroxyl groups is 18. The molecule has 0 aromatic carbocycles. The Kier molecular flexibility index (Phi) is 29.0. The van der Waals surface area contributed by atoms with Crippen molar-refractivity contribution in [2.75, 3.05) is 26.4 Å². The smallest absolute Gasteiger partial charge is 0.335 e. The molecule has 0 aliphatic carbocycles. The molecule has 4 amide bonds. The Morgan fingerprint density at radius 2 is 0.476 bits per heavy atom. The number of carbonyl (C=O) groups is 8. The van der Waals surface area contributed by atoms with Crippen LogP contribution in [0.1, 0.15) is 27.7 Å². The van der Waals surface area contributed by atoms with Crippen LogP contribution in [0.25, 0.3) is 0 Å². The molecule has 0 radical (unpaired) electrons. The van der Waals surface area contributed by atoms with Crippen LogP contribution in [0.4, 0.5) is 0 Å². The first-order valence-electron chi connectivity index (χ1n) is 32.1. The first kappa shape index (κ1) is 85.1. The fraction of sp³-hybridized carbons (Fsp3) is 0.857. The van der Waals surface area contributed by atoms with Crippen LogP contribution in [-0.4, -0.2) is 432 Å². The number of amides is 4. The Bertz CT molecular complexity index is 2990. The summed E-state index contributed by atoms with van der Waals surface area (Å²) in [5.41, 5.74) is 0. The molecule has 49 heteroatoms. The Morgan fingerprint density at radius 1 is 0.257 bits per heavy atom. The second-order valence-corrected chi connectivity index (χ2v) is 25.5. The molecule has 8 aliphatic heterocycles. The quantitative estimate of drug-likeness (QED) is 0.0382. The summed E-state index contributed by atoms with van der Waals surface area (Å²) in [6, 6.07) is -7.92. The molecule has 8 saturated heterocycles. The molecule has 600 valence electrons. The van der Waals surface area contributed by atoms with Gasteiger partial charge in [-0.3, -0.25) is 19.2 Å². The maximum Gasteiger partial charge on any atom is 0.335 e. The highest BCUT2D eigenvalue weighted by molar-refractivity contribution is 5.76. The molecule has 8 heterocycles. The predicted octanol–water partition coefficient (Wildman–Crippen LogP) is -17.5. The number of aliphatic carboxylic acids is 4. The van der Waals surface area contributed by atoms with E-state index in [-0.39, 0.29) is 0 Å². The number of nitrogens with one attached hydrogen (secondary N) is 4. The SMILES string of the molecule is CC(=O)N[C@@H]1[C@@H](O[C@@H]2O[C@H](C(=O)O)[C@@H](O[C@@H]3O[C@H](CO)[C@H](O)[C@H](O[C@@H]4O[C@H](C(=O)O)[C@@H](O[C@@H]5O[C@H](CO)[C@H](O)[C@H](O[C@@H]6O[C@H](C(=O)O)[C@@H](O[C@@H]7O[C@H](CO)[C@H](O)[C@H](O[C@@H]8O[C@H](C(=O)O)[C@@H](O)[C@H](O)[C@H]8O)[C@H]7NC(C)=O)[C@H](O)[C@H]6O)[C@H]5NC(C)=O)[C@H](O)[C@H]4O)[C@H]3NC(C)=O)[C@H](O)[C@H]2O)[C@@H](O)[C@@H](CO)O[C@H]1O. The lowest BCUT2D eigenvalue weighted by atomic mass is 9.93. The lowest BCUT2D eigenvalue weighted by molar-refractivity contribution is -0.380. The average Bonchev–Trinajstić information content (AvgIpc) is 0.770. The molecule has 105 heavy (non-hydrogen) atoms. The summed E-state index contributed by atoms with van der Waals surface area (Å²) in [7, 11) is 0. The third-order valence-corrected chi connectivity index (χ3v) is 18.1. The van der Waals surface area contributed by atoms with Crippen molar-refractivity contribution in [3.63, 3.8) is 0 Å². The van der Waals surface area contributed by atoms with Crippen LogP contribution >= 0.6 is 0 Å². The number of carbonyl (C=O) groups excluding carboxylic acids is 4. The number of aliphatic hydroxyl groups excluding tert-OH is 18. The van der Waals surface area contributed by atoms with Crippen LogP contribution in [0.3, 0.4) is 0 Å². The third-order valence-electron chi connectivity index (χ3n) is 18.1. The normalized spacial score (nSPS) is 46.8. The molecule has 0 saturated carbocycles. The number of hydrogen-bond donors (Lipinski definition) is 26. The number of ether oxygens (including phenoxy) is 15. The summed E-state index contributed by atoms with van der Waals surface area (Å²) in [6.07, 6.45) is -82.8. The minimum Gasteiger partial charge on any atom is -0.479 e. The molecule has 26 N–H and O–H groups in total. The van der Waals surface area contributed by atoms with Gasteiger partial charge in [0.2, 0.25) is 23.6 Å². The Labute approximate surface area is 588 Å². The van der Waals surface area contributed by atoms with Crippen molar-refractivity contribution in [3.8, 4) is 0 Å². The van der Waals surface area contributed by atoms with Crippen LogP contribution in [0.5, 0.6) is 0 Å². The second kappa shape index (κ2) is 35.9. The highest BCUT2D eigenvalue weighted by Gasteiger charge is 2.62. The van der Waals surface area contributed by atoms with Gasteiger partial charge in [0.1, 0.15) is 171 Å². The molecular weight excluding hydrogens is 1450 g/mol. The van der Waals surface area contributed by atoms with Crippen molar-refractivity contribution >= 4 is 47.5 Å². The Hall–Kier alpha value is -5.56. The molecule has 40 atom stereocenters. The summed E-state index contributed by atoms with van der Waals surface area (Å²) in [5, 5.41) is 249. The predicted molar refractivity (Wildman–Crippen MR) is 313 cm³/mol. The zero-order valence-electron chi connectivity index (χ0n) is 55.2. The van der Waals surface area contributed by atoms with E-state index in [2.05, 4.69) is 21.3 Å². The highest BCUT2D eigenvalue weighted by Crippen LogP contribution is 2.39. The molecule has 8 fully saturated rings. The van der Waals surface area contributed by atoms with Crippen LogP contribution in [-0.2, 0) is 109 Å². The summed E-state index contributed by atoms with van der Waals surface area (Å²) in [4.78, 5) is 102. The van der Waals surface area contributed by atoms with Crippen LogP contribution < -0.4 is 21.3 Å². The van der Waals surface area contributed by atoms with E-state index in [0.29, 0.717) is 0 Å². The minimum absolute atomic E-state index is 0.832. The maximum absolute atomic E-state index is 13.2. The highest BCUT2D eigenvalue weighted by atomic mass is 16.8. The van der Waals surface area contributed by atoms with Crippen LogP contribution in [0, 0.1) is 0 Å². The lowest BCUT2D eigenvalue weighted by Crippen LogP contribution is -2.71. The summed E-state index contributed by atoms with van der Waals surface area (Å²) in [5.74, 6) is -12.0. The number of carboxylic acids is 4. The van der Waals surface area contributed by atoms with Crippen molar-refractivity contribution in [2.24, 2.45) is 0 Å². The molecule has 8 aliphatic rings. The first-order chi connectivity index (χ1) is 49.3. The van der Waals surface area contributed by atoms with Gasteiger partial charge >= 0.3 is 23.9 Å². The van der Waals surface area contributed by atoms with E-state index in [1.807, 2.05) is 0 Å². The summed E-state index contributed by atoms with van der Waals surface area (Å²) in [6.45, 7) is -1.06. The van der Waals surface area contributed by atoms with Gasteiger partial charge in [0.05, 0.1) is 26.4 Å². The summed E-state index contributed by atoms with van der Waals surface area (Å²) < 4.78 is 84.5. The van der Waals surface area contributed by atoms with Crippen molar-refractivity contribution in [2.45, 2.75) is 273 Å². The molecule has 0 unspecified atom stereocenters. The molecule has 49 nitrogen and oxygen atoms in total. The fourth-order valence-electron chi connectivity index (χ4n) is 13.0.